The average Bonchev–Trinajstić information content (AvgIpc) is 2.93. The minimum Gasteiger partial charge on any atom is -0.548 e. The van der Waals surface area contributed by atoms with Crippen molar-refractivity contribution in [3.63, 3.8) is 0 Å². The molecule has 3 rings (SSSR count). The van der Waals surface area contributed by atoms with Gasteiger partial charge in [-0.05, 0) is 78.5 Å². The minimum absolute atomic E-state index is 0. The standard InChI is InChI=1S/C32H46N2O3S.Li/c1-4-5-14-26(20-24-12-7-6-8-13-24)33-22-25-16-17-28(29(21-25)27-15-10-9-11-23(27)2)31(35)34-30(32(36)37)18-19-38-3;/h9-11,15-17,21,24,26,30,33H,4-8,12-14,18-20,22H2,1-3H3,(H,34,35)(H,36,37);/q;+1/p-1/t26?,30-;/m0./s1. The molecule has 0 aliphatic heterocycles. The fraction of sp³-hybridized carbons (Fsp3) is 0.562. The zero-order valence-electron chi connectivity index (χ0n) is 24.4. The molecule has 1 unspecified atom stereocenters. The van der Waals surface area contributed by atoms with Crippen molar-refractivity contribution in [1.82, 2.24) is 10.6 Å². The van der Waals surface area contributed by atoms with Crippen LogP contribution in [0.5, 0.6) is 0 Å². The fourth-order valence-corrected chi connectivity index (χ4v) is 6.03. The van der Waals surface area contributed by atoms with E-state index in [1.54, 1.807) is 11.8 Å². The van der Waals surface area contributed by atoms with Crippen LogP contribution in [0.4, 0.5) is 0 Å². The first-order chi connectivity index (χ1) is 18.4. The Hall–Kier alpha value is -1.71. The summed E-state index contributed by atoms with van der Waals surface area (Å²) in [5.74, 6) is -0.166. The van der Waals surface area contributed by atoms with E-state index in [0.29, 0.717) is 23.8 Å². The van der Waals surface area contributed by atoms with Gasteiger partial charge in [0.15, 0.2) is 0 Å². The van der Waals surface area contributed by atoms with Gasteiger partial charge in [-0.1, -0.05) is 82.2 Å². The van der Waals surface area contributed by atoms with Crippen LogP contribution in [-0.4, -0.2) is 36.0 Å². The molecule has 1 aliphatic rings. The number of carboxylic acid groups (broad SMARTS) is 1. The number of carbonyl (C=O) groups excluding carboxylic acids is 2. The van der Waals surface area contributed by atoms with Crippen molar-refractivity contribution in [2.45, 2.75) is 96.7 Å². The maximum atomic E-state index is 13.3. The van der Waals surface area contributed by atoms with Crippen molar-refractivity contribution >= 4 is 23.6 Å². The second kappa shape index (κ2) is 17.9. The van der Waals surface area contributed by atoms with Gasteiger partial charge in [0, 0.05) is 18.2 Å². The number of nitrogens with one attached hydrogen (secondary N) is 2. The summed E-state index contributed by atoms with van der Waals surface area (Å²) in [6.07, 6.45) is 13.9. The summed E-state index contributed by atoms with van der Waals surface area (Å²) in [6.45, 7) is 5.04. The number of thioether (sulfide) groups is 1. The predicted molar refractivity (Wildman–Crippen MR) is 157 cm³/mol. The molecule has 39 heavy (non-hydrogen) atoms. The van der Waals surface area contributed by atoms with E-state index in [1.165, 1.54) is 57.8 Å². The van der Waals surface area contributed by atoms with Gasteiger partial charge in [0.25, 0.3) is 5.91 Å². The largest absolute Gasteiger partial charge is 1.00 e. The Morgan fingerprint density at radius 3 is 2.46 bits per heavy atom. The normalized spacial score (nSPS) is 15.3. The Labute approximate surface area is 251 Å². The fourth-order valence-electron chi connectivity index (χ4n) is 5.56. The first-order valence-corrected chi connectivity index (χ1v) is 15.7. The molecule has 1 amide bonds. The minimum atomic E-state index is -1.25. The van der Waals surface area contributed by atoms with E-state index in [9.17, 15) is 14.7 Å². The number of amides is 1. The topological polar surface area (TPSA) is 81.3 Å². The Morgan fingerprint density at radius 2 is 1.79 bits per heavy atom. The molecule has 7 heteroatoms. The van der Waals surface area contributed by atoms with Crippen LogP contribution in [0.2, 0.25) is 0 Å². The average molecular weight is 545 g/mol. The third-order valence-electron chi connectivity index (χ3n) is 7.81. The van der Waals surface area contributed by atoms with Crippen LogP contribution in [0.15, 0.2) is 42.5 Å². The van der Waals surface area contributed by atoms with Crippen LogP contribution < -0.4 is 34.6 Å². The summed E-state index contributed by atoms with van der Waals surface area (Å²) < 4.78 is 0. The van der Waals surface area contributed by atoms with Gasteiger partial charge < -0.3 is 20.5 Å². The molecule has 2 atom stereocenters. The monoisotopic (exact) mass is 544 g/mol. The molecule has 1 aliphatic carbocycles. The van der Waals surface area contributed by atoms with Gasteiger partial charge in [-0.2, -0.15) is 11.8 Å². The van der Waals surface area contributed by atoms with Crippen LogP contribution in [0.25, 0.3) is 11.1 Å². The van der Waals surface area contributed by atoms with E-state index in [2.05, 4.69) is 23.6 Å². The molecule has 0 heterocycles. The van der Waals surface area contributed by atoms with E-state index >= 15 is 0 Å². The second-order valence-corrected chi connectivity index (χ2v) is 11.8. The Balaban J connectivity index is 0.00000533. The molecule has 0 radical (unpaired) electrons. The van der Waals surface area contributed by atoms with Crippen LogP contribution >= 0.6 is 11.8 Å². The summed E-state index contributed by atoms with van der Waals surface area (Å²) in [4.78, 5) is 25.0. The van der Waals surface area contributed by atoms with Crippen molar-refractivity contribution in [1.29, 1.82) is 0 Å². The molecule has 208 valence electrons. The molecule has 0 aromatic heterocycles. The SMILES string of the molecule is CCCCC(CC1CCCCC1)NCc1ccc(C(=O)N[C@@H](CCSC)C(=O)[O-])c(-c2ccccc2C)c1.[Li+]. The van der Waals surface area contributed by atoms with E-state index in [4.69, 9.17) is 0 Å². The maximum absolute atomic E-state index is 13.3. The van der Waals surface area contributed by atoms with Crippen LogP contribution in [0.3, 0.4) is 0 Å². The van der Waals surface area contributed by atoms with Gasteiger partial charge in [0.05, 0.1) is 12.0 Å². The van der Waals surface area contributed by atoms with Gasteiger partial charge in [0.1, 0.15) is 0 Å². The third-order valence-corrected chi connectivity index (χ3v) is 8.45. The maximum Gasteiger partial charge on any atom is 1.00 e. The molecule has 1 saturated carbocycles. The molecular weight excluding hydrogens is 499 g/mol. The zero-order chi connectivity index (χ0) is 27.3. The van der Waals surface area contributed by atoms with Crippen LogP contribution in [-0.2, 0) is 11.3 Å². The van der Waals surface area contributed by atoms with E-state index in [1.807, 2.05) is 49.6 Å². The summed E-state index contributed by atoms with van der Waals surface area (Å²) in [6, 6.07) is 13.4. The quantitative estimate of drug-likeness (QED) is 0.337. The van der Waals surface area contributed by atoms with Crippen molar-refractivity contribution in [2.75, 3.05) is 12.0 Å². The Morgan fingerprint density at radius 1 is 1.05 bits per heavy atom. The van der Waals surface area contributed by atoms with Crippen molar-refractivity contribution in [2.24, 2.45) is 5.92 Å². The predicted octanol–water partition coefficient (Wildman–Crippen LogP) is 2.89. The second-order valence-electron chi connectivity index (χ2n) is 10.8. The molecule has 2 N–H and O–H groups in total. The van der Waals surface area contributed by atoms with Crippen molar-refractivity contribution < 1.29 is 33.6 Å². The smallest absolute Gasteiger partial charge is 0.548 e. The van der Waals surface area contributed by atoms with Gasteiger partial charge >= 0.3 is 18.9 Å². The summed E-state index contributed by atoms with van der Waals surface area (Å²) in [5.41, 5.74) is 4.51. The number of benzene rings is 2. The van der Waals surface area contributed by atoms with E-state index in [-0.39, 0.29) is 24.8 Å². The third kappa shape index (κ3) is 10.7. The molecule has 0 bridgehead atoms. The van der Waals surface area contributed by atoms with Gasteiger partial charge in [-0.15, -0.1) is 0 Å². The van der Waals surface area contributed by atoms with Crippen LogP contribution in [0, 0.1) is 12.8 Å². The van der Waals surface area contributed by atoms with Crippen molar-refractivity contribution in [3.05, 3.63) is 59.2 Å². The van der Waals surface area contributed by atoms with Gasteiger partial charge in [-0.25, -0.2) is 0 Å². The number of aryl methyl sites for hydroxylation is 1. The van der Waals surface area contributed by atoms with Crippen molar-refractivity contribution in [3.8, 4) is 11.1 Å². The first kappa shape index (κ1) is 33.5. The van der Waals surface area contributed by atoms with Gasteiger partial charge in [-0.3, -0.25) is 4.79 Å². The number of unbranched alkanes of at least 4 members (excludes halogenated alkanes) is 1. The molecule has 1 fully saturated rings. The van der Waals surface area contributed by atoms with E-state index < -0.39 is 12.0 Å². The summed E-state index contributed by atoms with van der Waals surface area (Å²) >= 11 is 1.55. The molecule has 5 nitrogen and oxygen atoms in total. The van der Waals surface area contributed by atoms with E-state index in [0.717, 1.165) is 34.7 Å². The van der Waals surface area contributed by atoms with Gasteiger partial charge in [0.2, 0.25) is 0 Å². The number of hydrogen-bond acceptors (Lipinski definition) is 5. The van der Waals surface area contributed by atoms with Crippen LogP contribution in [0.1, 0.15) is 92.6 Å². The number of carboxylic acids is 1. The molecular formula is C32H45LiN2O3S. The Bertz CT molecular complexity index is 1040. The number of carbonyl (C=O) groups is 2. The molecule has 0 saturated heterocycles. The first-order valence-electron chi connectivity index (χ1n) is 14.4. The number of rotatable bonds is 15. The molecule has 2 aromatic rings. The summed E-state index contributed by atoms with van der Waals surface area (Å²) in [7, 11) is 0. The number of hydrogen-bond donors (Lipinski definition) is 2. The molecule has 0 spiro atoms. The molecule has 2 aromatic carbocycles. The number of aliphatic carboxylic acids is 1. The summed E-state index contributed by atoms with van der Waals surface area (Å²) in [5, 5.41) is 18.2. The Kier molecular flexibility index (Phi) is 15.3. The zero-order valence-corrected chi connectivity index (χ0v) is 25.2.